The molecule has 3 aromatic rings. The van der Waals surface area contributed by atoms with E-state index < -0.39 is 0 Å². The molecule has 1 atom stereocenters. The first-order valence-electron chi connectivity index (χ1n) is 8.99. The second kappa shape index (κ2) is 7.48. The number of thiazole rings is 1. The van der Waals surface area contributed by atoms with Crippen molar-refractivity contribution in [2.24, 2.45) is 0 Å². The number of nitrogens with one attached hydrogen (secondary N) is 2. The molecule has 1 aliphatic rings. The van der Waals surface area contributed by atoms with Crippen molar-refractivity contribution in [2.45, 2.75) is 38.5 Å². The Bertz CT molecular complexity index is 947. The van der Waals surface area contributed by atoms with Gasteiger partial charge in [0.05, 0.1) is 5.01 Å². The van der Waals surface area contributed by atoms with E-state index in [1.165, 1.54) is 0 Å². The highest BCUT2D eigenvalue weighted by atomic mass is 32.1. The molecule has 8 heteroatoms. The van der Waals surface area contributed by atoms with Crippen LogP contribution < -0.4 is 10.6 Å². The van der Waals surface area contributed by atoms with Gasteiger partial charge in [0.15, 0.2) is 0 Å². The molecule has 2 aromatic heterocycles. The van der Waals surface area contributed by atoms with E-state index in [1.54, 1.807) is 11.3 Å². The molecular formula is C19H21N5O2S. The summed E-state index contributed by atoms with van der Waals surface area (Å²) in [5.41, 5.74) is 2.50. The molecule has 2 amide bonds. The van der Waals surface area contributed by atoms with Crippen LogP contribution >= 0.6 is 11.3 Å². The highest BCUT2D eigenvalue weighted by Gasteiger charge is 2.29. The smallest absolute Gasteiger partial charge is 0.319 e. The molecule has 0 saturated heterocycles. The van der Waals surface area contributed by atoms with Crippen molar-refractivity contribution in [3.05, 3.63) is 46.2 Å². The molecule has 7 nitrogen and oxygen atoms in total. The first-order chi connectivity index (χ1) is 13.1. The number of hydrogen-bond acceptors (Lipinski definition) is 6. The molecule has 1 unspecified atom stereocenters. The van der Waals surface area contributed by atoms with Crippen molar-refractivity contribution < 1.29 is 9.32 Å². The van der Waals surface area contributed by atoms with E-state index >= 15 is 0 Å². The van der Waals surface area contributed by atoms with Gasteiger partial charge in [0, 0.05) is 40.7 Å². The molecule has 1 saturated carbocycles. The zero-order chi connectivity index (χ0) is 18.8. The van der Waals surface area contributed by atoms with Gasteiger partial charge < -0.3 is 15.2 Å². The van der Waals surface area contributed by atoms with Gasteiger partial charge in [0.1, 0.15) is 0 Å². The molecule has 4 rings (SSSR count). The number of nitrogens with zero attached hydrogens (tertiary/aromatic N) is 3. The summed E-state index contributed by atoms with van der Waals surface area (Å²) in [7, 11) is 0. The van der Waals surface area contributed by atoms with Crippen molar-refractivity contribution in [1.29, 1.82) is 0 Å². The van der Waals surface area contributed by atoms with E-state index in [4.69, 9.17) is 4.52 Å². The van der Waals surface area contributed by atoms with E-state index in [0.717, 1.165) is 29.1 Å². The lowest BCUT2D eigenvalue weighted by Crippen LogP contribution is -2.31. The molecule has 0 aliphatic heterocycles. The number of carbonyl (C=O) groups is 1. The molecule has 1 fully saturated rings. The van der Waals surface area contributed by atoms with Gasteiger partial charge in [-0.2, -0.15) is 4.98 Å². The number of anilines is 1. The fraction of sp³-hybridized carbons (Fsp3) is 0.368. The summed E-state index contributed by atoms with van der Waals surface area (Å²) in [6.45, 7) is 4.54. The molecule has 0 spiro atoms. The molecule has 1 aliphatic carbocycles. The number of aryl methyl sites for hydroxylation is 1. The van der Waals surface area contributed by atoms with Crippen molar-refractivity contribution >= 4 is 23.1 Å². The van der Waals surface area contributed by atoms with Crippen molar-refractivity contribution in [2.75, 3.05) is 11.9 Å². The zero-order valence-corrected chi connectivity index (χ0v) is 16.0. The lowest BCUT2D eigenvalue weighted by Gasteiger charge is -2.11. The number of amides is 2. The van der Waals surface area contributed by atoms with Crippen LogP contribution in [0.15, 0.2) is 34.2 Å². The van der Waals surface area contributed by atoms with Crippen LogP contribution in [0.5, 0.6) is 0 Å². The number of rotatable bonds is 6. The van der Waals surface area contributed by atoms with E-state index in [-0.39, 0.29) is 11.9 Å². The fourth-order valence-corrected chi connectivity index (χ4v) is 3.55. The van der Waals surface area contributed by atoms with Gasteiger partial charge in [-0.1, -0.05) is 24.2 Å². The predicted molar refractivity (Wildman–Crippen MR) is 104 cm³/mol. The summed E-state index contributed by atoms with van der Waals surface area (Å²) in [4.78, 5) is 21.1. The summed E-state index contributed by atoms with van der Waals surface area (Å²) in [6.07, 6.45) is 2.23. The number of aromatic nitrogens is 3. The molecule has 140 valence electrons. The van der Waals surface area contributed by atoms with Gasteiger partial charge in [0.25, 0.3) is 0 Å². The van der Waals surface area contributed by atoms with E-state index in [0.29, 0.717) is 29.9 Å². The lowest BCUT2D eigenvalue weighted by atomic mass is 10.2. The Labute approximate surface area is 161 Å². The SMILES string of the molecule is Cc1csc(C(C)CNC(=O)Nc2cccc(-c3noc(C4CC4)n3)c2)n1. The van der Waals surface area contributed by atoms with Crippen molar-refractivity contribution in [3.8, 4) is 11.4 Å². The van der Waals surface area contributed by atoms with E-state index in [1.807, 2.05) is 43.5 Å². The molecule has 2 N–H and O–H groups in total. The maximum absolute atomic E-state index is 12.2. The number of urea groups is 1. The Morgan fingerprint density at radius 2 is 2.22 bits per heavy atom. The largest absolute Gasteiger partial charge is 0.339 e. The highest BCUT2D eigenvalue weighted by Crippen LogP contribution is 2.39. The highest BCUT2D eigenvalue weighted by molar-refractivity contribution is 7.09. The van der Waals surface area contributed by atoms with Crippen LogP contribution in [0.1, 0.15) is 48.2 Å². The summed E-state index contributed by atoms with van der Waals surface area (Å²) in [5, 5.41) is 12.8. The normalized spacial score (nSPS) is 14.7. The van der Waals surface area contributed by atoms with Crippen molar-refractivity contribution in [1.82, 2.24) is 20.4 Å². The topological polar surface area (TPSA) is 92.9 Å². The lowest BCUT2D eigenvalue weighted by molar-refractivity contribution is 0.251. The minimum absolute atomic E-state index is 0.168. The van der Waals surface area contributed by atoms with Gasteiger partial charge in [0.2, 0.25) is 11.7 Å². The Hall–Kier alpha value is -2.74. The van der Waals surface area contributed by atoms with Gasteiger partial charge in [-0.05, 0) is 31.9 Å². The quantitative estimate of drug-likeness (QED) is 0.662. The minimum atomic E-state index is -0.251. The molecule has 27 heavy (non-hydrogen) atoms. The van der Waals surface area contributed by atoms with Crippen LogP contribution in [0.2, 0.25) is 0 Å². The third-order valence-electron chi connectivity index (χ3n) is 4.37. The second-order valence-electron chi connectivity index (χ2n) is 6.87. The van der Waals surface area contributed by atoms with Gasteiger partial charge in [-0.3, -0.25) is 0 Å². The first-order valence-corrected chi connectivity index (χ1v) is 9.87. The zero-order valence-electron chi connectivity index (χ0n) is 15.2. The van der Waals surface area contributed by atoms with Crippen molar-refractivity contribution in [3.63, 3.8) is 0 Å². The maximum atomic E-state index is 12.2. The van der Waals surface area contributed by atoms with E-state index in [9.17, 15) is 4.79 Å². The maximum Gasteiger partial charge on any atom is 0.319 e. The summed E-state index contributed by atoms with van der Waals surface area (Å²) in [6, 6.07) is 7.18. The minimum Gasteiger partial charge on any atom is -0.339 e. The Morgan fingerprint density at radius 1 is 1.37 bits per heavy atom. The van der Waals surface area contributed by atoms with Crippen LogP contribution in [0, 0.1) is 6.92 Å². The summed E-state index contributed by atoms with van der Waals surface area (Å²) >= 11 is 1.62. The number of hydrogen-bond donors (Lipinski definition) is 2. The van der Waals surface area contributed by atoms with Crippen LogP contribution in [0.25, 0.3) is 11.4 Å². The summed E-state index contributed by atoms with van der Waals surface area (Å²) in [5.74, 6) is 1.84. The third-order valence-corrected chi connectivity index (χ3v) is 5.57. The second-order valence-corrected chi connectivity index (χ2v) is 7.76. The Balaban J connectivity index is 1.35. The monoisotopic (exact) mass is 383 g/mol. The molecule has 2 heterocycles. The summed E-state index contributed by atoms with van der Waals surface area (Å²) < 4.78 is 5.31. The predicted octanol–water partition coefficient (Wildman–Crippen LogP) is 4.30. The first kappa shape index (κ1) is 17.7. The van der Waals surface area contributed by atoms with E-state index in [2.05, 4.69) is 25.8 Å². The third kappa shape index (κ3) is 4.33. The number of carbonyl (C=O) groups excluding carboxylic acids is 1. The fourth-order valence-electron chi connectivity index (χ4n) is 2.69. The van der Waals surface area contributed by atoms with Crippen LogP contribution in [0.3, 0.4) is 0 Å². The molecule has 0 radical (unpaired) electrons. The average Bonchev–Trinajstić information content (AvgIpc) is 3.22. The Kier molecular flexibility index (Phi) is 4.89. The molecule has 1 aromatic carbocycles. The number of benzene rings is 1. The van der Waals surface area contributed by atoms with Crippen LogP contribution in [-0.2, 0) is 0 Å². The Morgan fingerprint density at radius 3 is 2.96 bits per heavy atom. The van der Waals surface area contributed by atoms with Crippen LogP contribution in [0.4, 0.5) is 10.5 Å². The van der Waals surface area contributed by atoms with Gasteiger partial charge in [-0.25, -0.2) is 9.78 Å². The standard InChI is InChI=1S/C19H21N5O2S/c1-11(18-21-12(2)10-27-18)9-20-19(25)22-15-5-3-4-14(8-15)16-23-17(26-24-16)13-6-7-13/h3-5,8,10-11,13H,6-7,9H2,1-2H3,(H2,20,22,25). The van der Waals surface area contributed by atoms with Crippen LogP contribution in [-0.4, -0.2) is 27.7 Å². The van der Waals surface area contributed by atoms with Gasteiger partial charge >= 0.3 is 6.03 Å². The van der Waals surface area contributed by atoms with Gasteiger partial charge in [-0.15, -0.1) is 11.3 Å². The molecule has 0 bridgehead atoms. The molecular weight excluding hydrogens is 362 g/mol. The average molecular weight is 383 g/mol.